The van der Waals surface area contributed by atoms with Crippen LogP contribution >= 0.6 is 0 Å². The van der Waals surface area contributed by atoms with Crippen LogP contribution in [0.5, 0.6) is 0 Å². The van der Waals surface area contributed by atoms with Crippen LogP contribution in [0.1, 0.15) is 5.56 Å². The highest BCUT2D eigenvalue weighted by atomic mass is 16.2. The highest BCUT2D eigenvalue weighted by Gasteiger charge is 2.22. The Balaban J connectivity index is 2.29. The predicted octanol–water partition coefficient (Wildman–Crippen LogP) is 0.419. The standard InChI is InChI=1S/C12H14N4O/c1-15-4-5-16(8-12(15)17)11-3-2-10(14)6-9(11)7-13/h2-3,6H,4-5,8,14H2,1H3. The smallest absolute Gasteiger partial charge is 0.241 e. The van der Waals surface area contributed by atoms with Crippen LogP contribution in [0.3, 0.4) is 0 Å². The van der Waals surface area contributed by atoms with Gasteiger partial charge < -0.3 is 15.5 Å². The molecule has 0 radical (unpaired) electrons. The van der Waals surface area contributed by atoms with Crippen LogP contribution in [0.4, 0.5) is 11.4 Å². The van der Waals surface area contributed by atoms with Gasteiger partial charge in [0, 0.05) is 25.8 Å². The summed E-state index contributed by atoms with van der Waals surface area (Å²) in [4.78, 5) is 15.2. The van der Waals surface area contributed by atoms with E-state index < -0.39 is 0 Å². The van der Waals surface area contributed by atoms with Crippen LogP contribution in [-0.2, 0) is 4.79 Å². The van der Waals surface area contributed by atoms with Gasteiger partial charge in [0.25, 0.3) is 0 Å². The van der Waals surface area contributed by atoms with E-state index in [1.54, 1.807) is 30.1 Å². The van der Waals surface area contributed by atoms with Gasteiger partial charge in [-0.2, -0.15) is 5.26 Å². The van der Waals surface area contributed by atoms with E-state index in [4.69, 9.17) is 11.0 Å². The zero-order valence-electron chi connectivity index (χ0n) is 9.68. The second kappa shape index (κ2) is 4.34. The zero-order chi connectivity index (χ0) is 12.4. The topological polar surface area (TPSA) is 73.4 Å². The zero-order valence-corrected chi connectivity index (χ0v) is 9.68. The number of hydrogen-bond donors (Lipinski definition) is 1. The molecule has 1 heterocycles. The van der Waals surface area contributed by atoms with Crippen molar-refractivity contribution >= 4 is 17.3 Å². The quantitative estimate of drug-likeness (QED) is 0.709. The van der Waals surface area contributed by atoms with E-state index in [1.807, 2.05) is 4.90 Å². The van der Waals surface area contributed by atoms with E-state index in [-0.39, 0.29) is 5.91 Å². The van der Waals surface area contributed by atoms with E-state index in [0.29, 0.717) is 24.3 Å². The molecule has 1 saturated heterocycles. The van der Waals surface area contributed by atoms with Crippen molar-refractivity contribution < 1.29 is 4.79 Å². The monoisotopic (exact) mass is 230 g/mol. The molecule has 0 bridgehead atoms. The van der Waals surface area contributed by atoms with Gasteiger partial charge in [-0.1, -0.05) is 0 Å². The van der Waals surface area contributed by atoms with Gasteiger partial charge in [-0.15, -0.1) is 0 Å². The number of rotatable bonds is 1. The summed E-state index contributed by atoms with van der Waals surface area (Å²) in [6.45, 7) is 1.73. The second-order valence-electron chi connectivity index (χ2n) is 4.13. The maximum atomic E-state index is 11.6. The van der Waals surface area contributed by atoms with Crippen molar-refractivity contribution in [2.24, 2.45) is 0 Å². The molecule has 88 valence electrons. The van der Waals surface area contributed by atoms with Crippen LogP contribution in [0.15, 0.2) is 18.2 Å². The molecule has 1 aromatic carbocycles. The predicted molar refractivity (Wildman–Crippen MR) is 65.4 cm³/mol. The normalized spacial score (nSPS) is 15.9. The van der Waals surface area contributed by atoms with Crippen molar-refractivity contribution in [3.05, 3.63) is 23.8 Å². The molecular weight excluding hydrogens is 216 g/mol. The van der Waals surface area contributed by atoms with Gasteiger partial charge in [0.2, 0.25) is 5.91 Å². The highest BCUT2D eigenvalue weighted by molar-refractivity contribution is 5.83. The number of piperazine rings is 1. The summed E-state index contributed by atoms with van der Waals surface area (Å²) in [6, 6.07) is 7.30. The van der Waals surface area contributed by atoms with E-state index in [9.17, 15) is 4.79 Å². The fourth-order valence-corrected chi connectivity index (χ4v) is 1.88. The Hall–Kier alpha value is -2.22. The summed E-state index contributed by atoms with van der Waals surface area (Å²) in [5.74, 6) is 0.0666. The summed E-state index contributed by atoms with van der Waals surface area (Å²) in [5, 5.41) is 9.06. The molecule has 0 aromatic heterocycles. The van der Waals surface area contributed by atoms with E-state index in [1.165, 1.54) is 0 Å². The third-order valence-corrected chi connectivity index (χ3v) is 2.94. The molecular formula is C12H14N4O. The number of nitrogens with zero attached hydrogens (tertiary/aromatic N) is 3. The summed E-state index contributed by atoms with van der Waals surface area (Å²) < 4.78 is 0. The molecule has 0 saturated carbocycles. The summed E-state index contributed by atoms with van der Waals surface area (Å²) in [6.07, 6.45) is 0. The summed E-state index contributed by atoms with van der Waals surface area (Å²) >= 11 is 0. The molecule has 1 fully saturated rings. The maximum Gasteiger partial charge on any atom is 0.241 e. The molecule has 0 aliphatic carbocycles. The number of hydrogen-bond acceptors (Lipinski definition) is 4. The lowest BCUT2D eigenvalue weighted by Crippen LogP contribution is -2.48. The van der Waals surface area contributed by atoms with Gasteiger partial charge >= 0.3 is 0 Å². The minimum Gasteiger partial charge on any atom is -0.399 e. The third-order valence-electron chi connectivity index (χ3n) is 2.94. The van der Waals surface area contributed by atoms with Gasteiger partial charge in [0.1, 0.15) is 6.07 Å². The minimum absolute atomic E-state index is 0.0666. The van der Waals surface area contributed by atoms with Gasteiger partial charge in [-0.05, 0) is 18.2 Å². The molecule has 17 heavy (non-hydrogen) atoms. The van der Waals surface area contributed by atoms with Crippen molar-refractivity contribution in [3.63, 3.8) is 0 Å². The van der Waals surface area contributed by atoms with E-state index in [2.05, 4.69) is 6.07 Å². The number of anilines is 2. The number of nitrogens with two attached hydrogens (primary N) is 1. The Morgan fingerprint density at radius 3 is 2.82 bits per heavy atom. The lowest BCUT2D eigenvalue weighted by molar-refractivity contribution is -0.129. The highest BCUT2D eigenvalue weighted by Crippen LogP contribution is 2.23. The van der Waals surface area contributed by atoms with Crippen LogP contribution in [0, 0.1) is 11.3 Å². The van der Waals surface area contributed by atoms with Crippen molar-refractivity contribution in [2.75, 3.05) is 37.3 Å². The van der Waals surface area contributed by atoms with E-state index >= 15 is 0 Å². The number of nitriles is 1. The first-order valence-corrected chi connectivity index (χ1v) is 5.40. The van der Waals surface area contributed by atoms with Crippen molar-refractivity contribution in [1.82, 2.24) is 4.90 Å². The lowest BCUT2D eigenvalue weighted by atomic mass is 10.1. The molecule has 0 spiro atoms. The fourth-order valence-electron chi connectivity index (χ4n) is 1.88. The Kier molecular flexibility index (Phi) is 2.88. The van der Waals surface area contributed by atoms with Crippen LogP contribution in [0.2, 0.25) is 0 Å². The van der Waals surface area contributed by atoms with Gasteiger partial charge in [0.05, 0.1) is 17.8 Å². The number of carbonyl (C=O) groups excluding carboxylic acids is 1. The Labute approximate surface area is 100 Å². The number of benzene rings is 1. The Bertz CT molecular complexity index is 492. The van der Waals surface area contributed by atoms with Crippen LogP contribution in [0.25, 0.3) is 0 Å². The third kappa shape index (κ3) is 2.16. The lowest BCUT2D eigenvalue weighted by Gasteiger charge is -2.33. The molecule has 1 amide bonds. The van der Waals surface area contributed by atoms with Crippen LogP contribution in [-0.4, -0.2) is 37.5 Å². The molecule has 5 nitrogen and oxygen atoms in total. The first-order chi connectivity index (χ1) is 8.11. The minimum atomic E-state index is 0.0666. The first-order valence-electron chi connectivity index (χ1n) is 5.40. The molecule has 5 heteroatoms. The largest absolute Gasteiger partial charge is 0.399 e. The Morgan fingerprint density at radius 2 is 2.18 bits per heavy atom. The Morgan fingerprint density at radius 1 is 1.41 bits per heavy atom. The SMILES string of the molecule is CN1CCN(c2ccc(N)cc2C#N)CC1=O. The number of carbonyl (C=O) groups is 1. The summed E-state index contributed by atoms with van der Waals surface area (Å²) in [7, 11) is 1.79. The average molecular weight is 230 g/mol. The second-order valence-corrected chi connectivity index (χ2v) is 4.13. The fraction of sp³-hybridized carbons (Fsp3) is 0.333. The van der Waals surface area contributed by atoms with Gasteiger partial charge in [-0.3, -0.25) is 4.79 Å². The molecule has 2 rings (SSSR count). The van der Waals surface area contributed by atoms with Gasteiger partial charge in [0.15, 0.2) is 0 Å². The number of likely N-dealkylation sites (N-methyl/N-ethyl adjacent to an activating group) is 1. The molecule has 2 N–H and O–H groups in total. The average Bonchev–Trinajstić information content (AvgIpc) is 2.32. The molecule has 1 aliphatic rings. The van der Waals surface area contributed by atoms with Crippen molar-refractivity contribution in [1.29, 1.82) is 5.26 Å². The number of amides is 1. The summed E-state index contributed by atoms with van der Waals surface area (Å²) in [5.41, 5.74) is 7.49. The maximum absolute atomic E-state index is 11.6. The molecule has 1 aliphatic heterocycles. The number of nitrogen functional groups attached to an aromatic ring is 1. The van der Waals surface area contributed by atoms with E-state index in [0.717, 1.165) is 12.2 Å². The van der Waals surface area contributed by atoms with Gasteiger partial charge in [-0.25, -0.2) is 0 Å². The molecule has 1 aromatic rings. The van der Waals surface area contributed by atoms with Crippen molar-refractivity contribution in [3.8, 4) is 6.07 Å². The van der Waals surface area contributed by atoms with Crippen LogP contribution < -0.4 is 10.6 Å². The van der Waals surface area contributed by atoms with Crippen molar-refractivity contribution in [2.45, 2.75) is 0 Å². The molecule has 0 atom stereocenters. The first kappa shape index (κ1) is 11.3. The molecule has 0 unspecified atom stereocenters.